The highest BCUT2D eigenvalue weighted by Crippen LogP contribution is 1.89. The molecule has 0 fully saturated rings. The van der Waals surface area contributed by atoms with Gasteiger partial charge >= 0.3 is 0 Å². The van der Waals surface area contributed by atoms with Crippen molar-refractivity contribution >= 4 is 0 Å². The second kappa shape index (κ2) is 3.17. The van der Waals surface area contributed by atoms with Crippen LogP contribution in [0.5, 0.6) is 0 Å². The number of hydrogen-bond acceptors (Lipinski definition) is 2. The fourth-order valence-corrected chi connectivity index (χ4v) is 0.738. The lowest BCUT2D eigenvalue weighted by Gasteiger charge is -2.13. The second-order valence-electron chi connectivity index (χ2n) is 2.01. The Morgan fingerprint density at radius 2 is 1.78 bits per heavy atom. The highest BCUT2D eigenvalue weighted by molar-refractivity contribution is 5.04. The van der Waals surface area contributed by atoms with Crippen molar-refractivity contribution in [3.63, 3.8) is 0 Å². The summed E-state index contributed by atoms with van der Waals surface area (Å²) in [7, 11) is 0. The molecule has 0 amide bonds. The molecule has 1 rings (SSSR count). The molecule has 0 aromatic heterocycles. The van der Waals surface area contributed by atoms with Crippen LogP contribution in [0.3, 0.4) is 0 Å². The molecule has 0 radical (unpaired) electrons. The van der Waals surface area contributed by atoms with Crippen LogP contribution in [0.2, 0.25) is 0 Å². The number of nitrogens with one attached hydrogen (secondary N) is 2. The Bertz CT molecular complexity index is 113. The molecule has 50 valence electrons. The van der Waals surface area contributed by atoms with Gasteiger partial charge in [-0.25, -0.2) is 0 Å². The summed E-state index contributed by atoms with van der Waals surface area (Å²) in [5, 5.41) is 6.35. The van der Waals surface area contributed by atoms with Gasteiger partial charge in [-0.2, -0.15) is 0 Å². The van der Waals surface area contributed by atoms with Gasteiger partial charge in [0.1, 0.15) is 0 Å². The Balaban J connectivity index is 2.40. The zero-order valence-electron chi connectivity index (χ0n) is 5.59. The summed E-state index contributed by atoms with van der Waals surface area (Å²) >= 11 is 0. The van der Waals surface area contributed by atoms with Gasteiger partial charge in [-0.05, 0) is 31.0 Å². The Morgan fingerprint density at radius 1 is 1.22 bits per heavy atom. The van der Waals surface area contributed by atoms with E-state index < -0.39 is 0 Å². The van der Waals surface area contributed by atoms with Crippen LogP contribution in [-0.4, -0.2) is 6.17 Å². The van der Waals surface area contributed by atoms with E-state index in [0.717, 1.165) is 6.42 Å². The van der Waals surface area contributed by atoms with E-state index in [1.165, 1.54) is 0 Å². The third-order valence-corrected chi connectivity index (χ3v) is 1.31. The van der Waals surface area contributed by atoms with Crippen LogP contribution in [-0.2, 0) is 0 Å². The molecule has 1 aliphatic rings. The summed E-state index contributed by atoms with van der Waals surface area (Å²) in [4.78, 5) is 0. The molecule has 0 unspecified atom stereocenters. The third-order valence-electron chi connectivity index (χ3n) is 1.31. The quantitative estimate of drug-likeness (QED) is 0.543. The summed E-state index contributed by atoms with van der Waals surface area (Å²) in [5.74, 6) is 0. The van der Waals surface area contributed by atoms with Gasteiger partial charge in [-0.15, -0.1) is 0 Å². The van der Waals surface area contributed by atoms with E-state index in [9.17, 15) is 0 Å². The molecule has 0 aromatic rings. The van der Waals surface area contributed by atoms with Gasteiger partial charge in [0.25, 0.3) is 0 Å². The third kappa shape index (κ3) is 1.80. The number of allylic oxidation sites excluding steroid dienone is 2. The summed E-state index contributed by atoms with van der Waals surface area (Å²) in [5.41, 5.74) is 0. The van der Waals surface area contributed by atoms with Crippen LogP contribution < -0.4 is 10.6 Å². The normalized spacial score (nSPS) is 18.3. The highest BCUT2D eigenvalue weighted by Gasteiger charge is 1.97. The molecule has 0 aliphatic carbocycles. The molecule has 0 spiro atoms. The van der Waals surface area contributed by atoms with Crippen molar-refractivity contribution in [2.75, 3.05) is 0 Å². The van der Waals surface area contributed by atoms with Crippen molar-refractivity contribution < 1.29 is 0 Å². The Labute approximate surface area is 55.6 Å². The van der Waals surface area contributed by atoms with E-state index in [1.54, 1.807) is 0 Å². The predicted octanol–water partition coefficient (Wildman–Crippen LogP) is 0.943. The average molecular weight is 124 g/mol. The summed E-state index contributed by atoms with van der Waals surface area (Å²) < 4.78 is 0. The Morgan fingerprint density at radius 3 is 2.22 bits per heavy atom. The SMILES string of the molecule is CCC1NC=CC=CN1. The molecule has 1 aliphatic heterocycles. The highest BCUT2D eigenvalue weighted by atomic mass is 15.1. The van der Waals surface area contributed by atoms with E-state index >= 15 is 0 Å². The van der Waals surface area contributed by atoms with Gasteiger partial charge < -0.3 is 10.6 Å². The van der Waals surface area contributed by atoms with Gasteiger partial charge in [-0.1, -0.05) is 6.92 Å². The summed E-state index contributed by atoms with van der Waals surface area (Å²) in [6, 6.07) is 0. The fourth-order valence-electron chi connectivity index (χ4n) is 0.738. The van der Waals surface area contributed by atoms with Gasteiger partial charge in [0.05, 0.1) is 6.17 Å². The van der Waals surface area contributed by atoms with Crippen molar-refractivity contribution in [1.82, 2.24) is 10.6 Å². The lowest BCUT2D eigenvalue weighted by atomic mass is 10.4. The van der Waals surface area contributed by atoms with Gasteiger partial charge in [0, 0.05) is 0 Å². The minimum Gasteiger partial charge on any atom is -0.371 e. The van der Waals surface area contributed by atoms with Crippen LogP contribution >= 0.6 is 0 Å². The van der Waals surface area contributed by atoms with Crippen molar-refractivity contribution in [2.24, 2.45) is 0 Å². The van der Waals surface area contributed by atoms with E-state index in [2.05, 4.69) is 17.6 Å². The minimum atomic E-state index is 0.403. The summed E-state index contributed by atoms with van der Waals surface area (Å²) in [6.07, 6.45) is 9.34. The molecule has 1 heterocycles. The first-order valence-electron chi connectivity index (χ1n) is 3.27. The van der Waals surface area contributed by atoms with Crippen molar-refractivity contribution in [1.29, 1.82) is 0 Å². The molecular weight excluding hydrogens is 112 g/mol. The standard InChI is InChI=1S/C7H12N2/c1-2-7-8-5-3-4-6-9-7/h3-9H,2H2,1H3. The minimum absolute atomic E-state index is 0.403. The van der Waals surface area contributed by atoms with E-state index in [4.69, 9.17) is 0 Å². The first-order chi connectivity index (χ1) is 4.43. The van der Waals surface area contributed by atoms with Crippen LogP contribution in [0, 0.1) is 0 Å². The maximum absolute atomic E-state index is 3.18. The van der Waals surface area contributed by atoms with E-state index in [1.807, 2.05) is 24.6 Å². The monoisotopic (exact) mass is 124 g/mol. The van der Waals surface area contributed by atoms with Crippen LogP contribution in [0.1, 0.15) is 13.3 Å². The molecular formula is C7H12N2. The average Bonchev–Trinajstić information content (AvgIpc) is 2.13. The zero-order valence-corrected chi connectivity index (χ0v) is 5.59. The number of rotatable bonds is 1. The molecule has 0 aromatic carbocycles. The van der Waals surface area contributed by atoms with Crippen LogP contribution in [0.4, 0.5) is 0 Å². The first-order valence-corrected chi connectivity index (χ1v) is 3.27. The maximum atomic E-state index is 3.18. The Hall–Kier alpha value is -0.920. The van der Waals surface area contributed by atoms with Gasteiger partial charge in [0.15, 0.2) is 0 Å². The number of hydrogen-bond donors (Lipinski definition) is 2. The van der Waals surface area contributed by atoms with Gasteiger partial charge in [0.2, 0.25) is 0 Å². The molecule has 0 saturated heterocycles. The Kier molecular flexibility index (Phi) is 2.19. The smallest absolute Gasteiger partial charge is 0.0952 e. The van der Waals surface area contributed by atoms with Crippen molar-refractivity contribution in [3.8, 4) is 0 Å². The lowest BCUT2D eigenvalue weighted by Crippen LogP contribution is -2.34. The topological polar surface area (TPSA) is 24.1 Å². The predicted molar refractivity (Wildman–Crippen MR) is 38.6 cm³/mol. The van der Waals surface area contributed by atoms with Crippen LogP contribution in [0.15, 0.2) is 24.6 Å². The second-order valence-corrected chi connectivity index (χ2v) is 2.01. The molecule has 2 nitrogen and oxygen atoms in total. The lowest BCUT2D eigenvalue weighted by molar-refractivity contribution is 0.522. The van der Waals surface area contributed by atoms with Gasteiger partial charge in [-0.3, -0.25) is 0 Å². The fraction of sp³-hybridized carbons (Fsp3) is 0.429. The molecule has 0 atom stereocenters. The first kappa shape index (κ1) is 6.20. The van der Waals surface area contributed by atoms with Crippen molar-refractivity contribution in [2.45, 2.75) is 19.5 Å². The van der Waals surface area contributed by atoms with E-state index in [0.29, 0.717) is 6.17 Å². The zero-order chi connectivity index (χ0) is 6.53. The molecule has 0 bridgehead atoms. The molecule has 2 heteroatoms. The van der Waals surface area contributed by atoms with E-state index in [-0.39, 0.29) is 0 Å². The molecule has 9 heavy (non-hydrogen) atoms. The molecule has 2 N–H and O–H groups in total. The maximum Gasteiger partial charge on any atom is 0.0952 e. The molecule has 0 saturated carbocycles. The summed E-state index contributed by atoms with van der Waals surface area (Å²) in [6.45, 7) is 2.14. The van der Waals surface area contributed by atoms with Crippen LogP contribution in [0.25, 0.3) is 0 Å². The van der Waals surface area contributed by atoms with Crippen molar-refractivity contribution in [3.05, 3.63) is 24.6 Å². The largest absolute Gasteiger partial charge is 0.371 e.